The quantitative estimate of drug-likeness (QED) is 0.587. The van der Waals surface area contributed by atoms with E-state index in [9.17, 15) is 13.2 Å². The third-order valence-corrected chi connectivity index (χ3v) is 4.49. The van der Waals surface area contributed by atoms with E-state index in [1.54, 1.807) is 18.2 Å². The average molecular weight is 283 g/mol. The summed E-state index contributed by atoms with van der Waals surface area (Å²) in [4.78, 5) is 13.6. The maximum absolute atomic E-state index is 11.1. The van der Waals surface area contributed by atoms with Crippen LogP contribution in [0.4, 0.5) is 0 Å². The Morgan fingerprint density at radius 3 is 2.68 bits per heavy atom. The van der Waals surface area contributed by atoms with E-state index in [0.717, 1.165) is 5.56 Å². The molecule has 1 heterocycles. The van der Waals surface area contributed by atoms with Gasteiger partial charge in [-0.25, -0.2) is 18.2 Å². The molecule has 0 atom stereocenters. The Morgan fingerprint density at radius 1 is 1.37 bits per heavy atom. The van der Waals surface area contributed by atoms with Crippen molar-refractivity contribution < 1.29 is 22.7 Å². The third-order valence-electron chi connectivity index (χ3n) is 2.73. The monoisotopic (exact) mass is 283 g/mol. The Hall–Kier alpha value is -1.85. The molecule has 102 valence electrons. The molecule has 1 fully saturated rings. The molecule has 1 aromatic rings. The van der Waals surface area contributed by atoms with Crippen molar-refractivity contribution in [3.05, 3.63) is 23.8 Å². The summed E-state index contributed by atoms with van der Waals surface area (Å²) >= 11 is 0. The molecule has 0 saturated carbocycles. The van der Waals surface area contributed by atoms with E-state index in [1.807, 2.05) is 0 Å². The second kappa shape index (κ2) is 5.42. The van der Waals surface area contributed by atoms with Crippen molar-refractivity contribution in [3.8, 4) is 11.5 Å². The van der Waals surface area contributed by atoms with E-state index in [1.165, 1.54) is 13.2 Å². The Labute approximate surface area is 111 Å². The second-order valence-corrected chi connectivity index (χ2v) is 6.36. The average Bonchev–Trinajstić information content (AvgIpc) is 2.34. The molecule has 19 heavy (non-hydrogen) atoms. The standard InChI is InChI=1S/C12H13NO5S/c1-17-11-3-2-9(5-13-8-14)4-12(11)18-10-6-19(15,16)7-10/h2-4,10H,5-7H2,1H3. The van der Waals surface area contributed by atoms with Gasteiger partial charge in [-0.2, -0.15) is 0 Å². The number of carbonyl (C=O) groups excluding carboxylic acids is 1. The molecule has 0 spiro atoms. The summed E-state index contributed by atoms with van der Waals surface area (Å²) in [6, 6.07) is 5.13. The van der Waals surface area contributed by atoms with Crippen LogP contribution in [-0.2, 0) is 21.2 Å². The zero-order valence-corrected chi connectivity index (χ0v) is 11.1. The summed E-state index contributed by atoms with van der Waals surface area (Å²) in [6.45, 7) is 0.201. The second-order valence-electron chi connectivity index (χ2n) is 4.21. The predicted octanol–water partition coefficient (Wildman–Crippen LogP) is 0.707. The first kappa shape index (κ1) is 13.6. The van der Waals surface area contributed by atoms with Gasteiger partial charge < -0.3 is 9.47 Å². The van der Waals surface area contributed by atoms with Crippen molar-refractivity contribution in [1.82, 2.24) is 0 Å². The van der Waals surface area contributed by atoms with Crippen molar-refractivity contribution in [2.75, 3.05) is 18.6 Å². The predicted molar refractivity (Wildman–Crippen MR) is 67.9 cm³/mol. The third kappa shape index (κ3) is 3.33. The van der Waals surface area contributed by atoms with Crippen LogP contribution >= 0.6 is 0 Å². The van der Waals surface area contributed by atoms with Crippen molar-refractivity contribution in [1.29, 1.82) is 0 Å². The normalized spacial score (nSPS) is 17.1. The summed E-state index contributed by atoms with van der Waals surface area (Å²) < 4.78 is 32.9. The lowest BCUT2D eigenvalue weighted by atomic mass is 10.2. The maximum atomic E-state index is 11.1. The molecule has 7 heteroatoms. The lowest BCUT2D eigenvalue weighted by molar-refractivity contribution is 0.219. The Balaban J connectivity index is 2.14. The fourth-order valence-electron chi connectivity index (χ4n) is 1.80. The first-order chi connectivity index (χ1) is 9.04. The lowest BCUT2D eigenvalue weighted by Crippen LogP contribution is -2.45. The van der Waals surface area contributed by atoms with Gasteiger partial charge in [0, 0.05) is 0 Å². The van der Waals surface area contributed by atoms with Gasteiger partial charge in [-0.05, 0) is 17.7 Å². The van der Waals surface area contributed by atoms with Gasteiger partial charge in [0.2, 0.25) is 6.08 Å². The van der Waals surface area contributed by atoms with Crippen molar-refractivity contribution in [2.24, 2.45) is 4.99 Å². The molecular weight excluding hydrogens is 270 g/mol. The van der Waals surface area contributed by atoms with Gasteiger partial charge in [0.25, 0.3) is 0 Å². The van der Waals surface area contributed by atoms with E-state index in [2.05, 4.69) is 4.99 Å². The molecule has 0 amide bonds. The van der Waals surface area contributed by atoms with Gasteiger partial charge in [0.1, 0.15) is 6.10 Å². The smallest absolute Gasteiger partial charge is 0.235 e. The molecule has 1 aromatic carbocycles. The first-order valence-corrected chi connectivity index (χ1v) is 7.44. The molecule has 6 nitrogen and oxygen atoms in total. The van der Waals surface area contributed by atoms with Gasteiger partial charge >= 0.3 is 0 Å². The fraction of sp³-hybridized carbons (Fsp3) is 0.417. The summed E-state index contributed by atoms with van der Waals surface area (Å²) in [5.74, 6) is 1.02. The highest BCUT2D eigenvalue weighted by Crippen LogP contribution is 2.31. The molecule has 0 aromatic heterocycles. The molecule has 0 aliphatic carbocycles. The first-order valence-electron chi connectivity index (χ1n) is 5.61. The maximum Gasteiger partial charge on any atom is 0.235 e. The molecule has 0 N–H and O–H groups in total. The molecule has 0 radical (unpaired) electrons. The van der Waals surface area contributed by atoms with E-state index in [-0.39, 0.29) is 24.2 Å². The SMILES string of the molecule is COc1ccc(CN=C=O)cc1OC1CS(=O)(=O)C1. The van der Waals surface area contributed by atoms with E-state index in [0.29, 0.717) is 11.5 Å². The number of ether oxygens (including phenoxy) is 2. The van der Waals surface area contributed by atoms with Crippen LogP contribution in [0.3, 0.4) is 0 Å². The van der Waals surface area contributed by atoms with E-state index in [4.69, 9.17) is 9.47 Å². The number of hydrogen-bond donors (Lipinski definition) is 0. The number of benzene rings is 1. The molecule has 1 saturated heterocycles. The summed E-state index contributed by atoms with van der Waals surface area (Å²) in [5.41, 5.74) is 0.765. The highest BCUT2D eigenvalue weighted by atomic mass is 32.2. The minimum atomic E-state index is -2.93. The van der Waals surface area contributed by atoms with Gasteiger partial charge in [-0.3, -0.25) is 0 Å². The molecule has 0 bridgehead atoms. The number of nitrogens with zero attached hydrogens (tertiary/aromatic N) is 1. The fourth-order valence-corrected chi connectivity index (χ4v) is 2.97. The van der Waals surface area contributed by atoms with Crippen LogP contribution in [0.5, 0.6) is 11.5 Å². The summed E-state index contributed by atoms with van der Waals surface area (Å²) in [6.07, 6.45) is 1.12. The number of aliphatic imine (C=N–C) groups is 1. The van der Waals surface area contributed by atoms with Crippen LogP contribution in [0.1, 0.15) is 5.56 Å². The van der Waals surface area contributed by atoms with Crippen LogP contribution in [0.15, 0.2) is 23.2 Å². The minimum Gasteiger partial charge on any atom is -0.493 e. The Morgan fingerprint density at radius 2 is 2.11 bits per heavy atom. The van der Waals surface area contributed by atoms with Crippen LogP contribution in [0.2, 0.25) is 0 Å². The van der Waals surface area contributed by atoms with Gasteiger partial charge in [0.15, 0.2) is 21.3 Å². The lowest BCUT2D eigenvalue weighted by Gasteiger charge is -2.27. The van der Waals surface area contributed by atoms with Crippen LogP contribution in [-0.4, -0.2) is 39.2 Å². The van der Waals surface area contributed by atoms with Crippen LogP contribution < -0.4 is 9.47 Å². The van der Waals surface area contributed by atoms with E-state index >= 15 is 0 Å². The van der Waals surface area contributed by atoms with Crippen LogP contribution in [0, 0.1) is 0 Å². The topological polar surface area (TPSA) is 82.0 Å². The zero-order chi connectivity index (χ0) is 13.9. The van der Waals surface area contributed by atoms with Crippen LogP contribution in [0.25, 0.3) is 0 Å². The van der Waals surface area contributed by atoms with E-state index < -0.39 is 9.84 Å². The van der Waals surface area contributed by atoms with Crippen molar-refractivity contribution >= 4 is 15.9 Å². The highest BCUT2D eigenvalue weighted by molar-refractivity contribution is 7.92. The van der Waals surface area contributed by atoms with Crippen molar-refractivity contribution in [3.63, 3.8) is 0 Å². The molecule has 2 rings (SSSR count). The summed E-state index contributed by atoms with van der Waals surface area (Å²) in [7, 11) is -1.43. The number of sulfone groups is 1. The highest BCUT2D eigenvalue weighted by Gasteiger charge is 2.35. The molecular formula is C12H13NO5S. The minimum absolute atomic E-state index is 0.0207. The van der Waals surface area contributed by atoms with Gasteiger partial charge in [-0.15, -0.1) is 0 Å². The Bertz CT molecular complexity index is 607. The van der Waals surface area contributed by atoms with Gasteiger partial charge in [0.05, 0.1) is 25.2 Å². The Kier molecular flexibility index (Phi) is 3.87. The number of methoxy groups -OCH3 is 1. The number of hydrogen-bond acceptors (Lipinski definition) is 6. The summed E-state index contributed by atoms with van der Waals surface area (Å²) in [5, 5.41) is 0. The number of rotatable bonds is 5. The molecule has 1 aliphatic heterocycles. The van der Waals surface area contributed by atoms with Crippen molar-refractivity contribution in [2.45, 2.75) is 12.6 Å². The molecule has 0 unspecified atom stereocenters. The largest absolute Gasteiger partial charge is 0.493 e. The number of isocyanates is 1. The van der Waals surface area contributed by atoms with Gasteiger partial charge in [-0.1, -0.05) is 6.07 Å². The zero-order valence-electron chi connectivity index (χ0n) is 10.3. The molecule has 1 aliphatic rings.